The van der Waals surface area contributed by atoms with E-state index in [0.717, 1.165) is 16.8 Å². The highest BCUT2D eigenvalue weighted by molar-refractivity contribution is 5.95. The van der Waals surface area contributed by atoms with Gasteiger partial charge in [0.05, 0.1) is 36.9 Å². The van der Waals surface area contributed by atoms with E-state index >= 15 is 0 Å². The Balaban J connectivity index is 2.14. The summed E-state index contributed by atoms with van der Waals surface area (Å²) in [7, 11) is 0. The zero-order chi connectivity index (χ0) is 21.7. The van der Waals surface area contributed by atoms with Crippen LogP contribution in [0.25, 0.3) is 0 Å². The molecule has 0 bridgehead atoms. The number of ether oxygens (including phenoxy) is 2. The van der Waals surface area contributed by atoms with E-state index in [1.165, 1.54) is 6.26 Å². The van der Waals surface area contributed by atoms with E-state index in [9.17, 15) is 9.59 Å². The minimum absolute atomic E-state index is 0.220. The lowest BCUT2D eigenvalue weighted by atomic mass is 9.75. The van der Waals surface area contributed by atoms with Crippen molar-refractivity contribution in [2.75, 3.05) is 18.5 Å². The Morgan fingerprint density at radius 1 is 1.03 bits per heavy atom. The Kier molecular flexibility index (Phi) is 6.77. The summed E-state index contributed by atoms with van der Waals surface area (Å²) in [5, 5.41) is 3.32. The van der Waals surface area contributed by atoms with E-state index in [-0.39, 0.29) is 13.2 Å². The van der Waals surface area contributed by atoms with Crippen molar-refractivity contribution in [1.82, 2.24) is 0 Å². The predicted molar refractivity (Wildman–Crippen MR) is 114 cm³/mol. The molecule has 0 fully saturated rings. The second-order valence-electron chi connectivity index (χ2n) is 7.15. The number of rotatable bonds is 7. The molecule has 0 unspecified atom stereocenters. The first-order valence-electron chi connectivity index (χ1n) is 10.1. The quantitative estimate of drug-likeness (QED) is 0.666. The molecule has 1 aliphatic carbocycles. The van der Waals surface area contributed by atoms with Gasteiger partial charge >= 0.3 is 11.9 Å². The molecule has 6 nitrogen and oxygen atoms in total. The Bertz CT molecular complexity index is 954. The minimum atomic E-state index is -0.681. The summed E-state index contributed by atoms with van der Waals surface area (Å²) < 4.78 is 16.3. The summed E-state index contributed by atoms with van der Waals surface area (Å²) in [5.74, 6) is -1.72. The standard InChI is InChI=1S/C24H27NO5/c1-5-28-23(26)20-16(4)14-18(25-17-11-9-15(3)10-12-17)21(24(27)29-6-2)22(20)19-8-7-13-30-19/h7-14,20,22,25H,5-6H2,1-4H3/t20-,22+/m0/s1. The van der Waals surface area contributed by atoms with Gasteiger partial charge in [-0.3, -0.25) is 4.79 Å². The van der Waals surface area contributed by atoms with Gasteiger partial charge in [-0.25, -0.2) is 4.79 Å². The highest BCUT2D eigenvalue weighted by Crippen LogP contribution is 2.43. The highest BCUT2D eigenvalue weighted by atomic mass is 16.5. The molecule has 30 heavy (non-hydrogen) atoms. The van der Waals surface area contributed by atoms with E-state index in [0.29, 0.717) is 17.0 Å². The number of benzene rings is 1. The van der Waals surface area contributed by atoms with Gasteiger partial charge in [-0.1, -0.05) is 23.3 Å². The number of allylic oxidation sites excluding steroid dienone is 1. The van der Waals surface area contributed by atoms with Crippen LogP contribution in [-0.4, -0.2) is 25.2 Å². The average Bonchev–Trinajstić information content (AvgIpc) is 3.24. The fraction of sp³-hybridized carbons (Fsp3) is 0.333. The number of anilines is 1. The van der Waals surface area contributed by atoms with Gasteiger partial charge < -0.3 is 19.2 Å². The van der Waals surface area contributed by atoms with E-state index in [1.807, 2.05) is 44.2 Å². The molecule has 1 N–H and O–H groups in total. The first-order chi connectivity index (χ1) is 14.5. The van der Waals surface area contributed by atoms with Crippen LogP contribution in [0.15, 0.2) is 70.0 Å². The smallest absolute Gasteiger partial charge is 0.336 e. The third kappa shape index (κ3) is 4.48. The van der Waals surface area contributed by atoms with Gasteiger partial charge in [0.2, 0.25) is 0 Å². The largest absolute Gasteiger partial charge is 0.469 e. The van der Waals surface area contributed by atoms with Crippen LogP contribution in [-0.2, 0) is 19.1 Å². The van der Waals surface area contributed by atoms with Gasteiger partial charge in [0.25, 0.3) is 0 Å². The minimum Gasteiger partial charge on any atom is -0.469 e. The van der Waals surface area contributed by atoms with Crippen molar-refractivity contribution in [3.63, 3.8) is 0 Å². The lowest BCUT2D eigenvalue weighted by Gasteiger charge is -2.31. The predicted octanol–water partition coefficient (Wildman–Crippen LogP) is 4.74. The third-order valence-electron chi connectivity index (χ3n) is 5.01. The monoisotopic (exact) mass is 409 g/mol. The number of carbonyl (C=O) groups excluding carboxylic acids is 2. The molecular weight excluding hydrogens is 382 g/mol. The van der Waals surface area contributed by atoms with E-state index in [2.05, 4.69) is 5.32 Å². The van der Waals surface area contributed by atoms with Crippen molar-refractivity contribution in [3.05, 3.63) is 76.9 Å². The van der Waals surface area contributed by atoms with Crippen LogP contribution < -0.4 is 5.32 Å². The second-order valence-corrected chi connectivity index (χ2v) is 7.15. The van der Waals surface area contributed by atoms with Crippen LogP contribution >= 0.6 is 0 Å². The number of furan rings is 1. The lowest BCUT2D eigenvalue weighted by molar-refractivity contribution is -0.147. The molecule has 1 heterocycles. The zero-order valence-electron chi connectivity index (χ0n) is 17.7. The summed E-state index contributed by atoms with van der Waals surface area (Å²) in [4.78, 5) is 25.9. The van der Waals surface area contributed by atoms with Crippen molar-refractivity contribution in [2.24, 2.45) is 5.92 Å². The Morgan fingerprint density at radius 2 is 1.73 bits per heavy atom. The number of carbonyl (C=O) groups is 2. The number of hydrogen-bond donors (Lipinski definition) is 1. The van der Waals surface area contributed by atoms with Crippen LogP contribution in [0.4, 0.5) is 5.69 Å². The summed E-state index contributed by atoms with van der Waals surface area (Å²) in [5.41, 5.74) is 3.66. The average molecular weight is 409 g/mol. The summed E-state index contributed by atoms with van der Waals surface area (Å²) in [6.07, 6.45) is 3.34. The Hall–Kier alpha value is -3.28. The Morgan fingerprint density at radius 3 is 2.33 bits per heavy atom. The van der Waals surface area contributed by atoms with Crippen LogP contribution in [0.1, 0.15) is 38.0 Å². The molecule has 0 spiro atoms. The molecule has 0 aliphatic heterocycles. The van der Waals surface area contributed by atoms with Gasteiger partial charge in [0.1, 0.15) is 5.76 Å². The first-order valence-corrected chi connectivity index (χ1v) is 10.1. The van der Waals surface area contributed by atoms with Crippen molar-refractivity contribution in [3.8, 4) is 0 Å². The van der Waals surface area contributed by atoms with Crippen LogP contribution in [0.3, 0.4) is 0 Å². The maximum atomic E-state index is 13.0. The van der Waals surface area contributed by atoms with E-state index in [4.69, 9.17) is 13.9 Å². The van der Waals surface area contributed by atoms with Gasteiger partial charge in [-0.15, -0.1) is 0 Å². The van der Waals surface area contributed by atoms with Gasteiger partial charge in [0.15, 0.2) is 0 Å². The molecule has 1 aliphatic rings. The summed E-state index contributed by atoms with van der Waals surface area (Å²) in [6, 6.07) is 11.3. The molecule has 158 valence electrons. The third-order valence-corrected chi connectivity index (χ3v) is 5.01. The topological polar surface area (TPSA) is 77.8 Å². The molecule has 1 aromatic carbocycles. The molecule has 3 rings (SSSR count). The van der Waals surface area contributed by atoms with E-state index < -0.39 is 23.8 Å². The fourth-order valence-corrected chi connectivity index (χ4v) is 3.66. The first kappa shape index (κ1) is 21.4. The number of hydrogen-bond acceptors (Lipinski definition) is 6. The number of aryl methyl sites for hydroxylation is 1. The maximum Gasteiger partial charge on any atom is 0.336 e. The molecule has 6 heteroatoms. The normalized spacial score (nSPS) is 18.6. The second kappa shape index (κ2) is 9.48. The van der Waals surface area contributed by atoms with Crippen molar-refractivity contribution in [1.29, 1.82) is 0 Å². The van der Waals surface area contributed by atoms with Crippen LogP contribution in [0.5, 0.6) is 0 Å². The number of nitrogens with one attached hydrogen (secondary N) is 1. The van der Waals surface area contributed by atoms with Crippen LogP contribution in [0.2, 0.25) is 0 Å². The molecule has 1 aromatic heterocycles. The lowest BCUT2D eigenvalue weighted by Crippen LogP contribution is -2.33. The van der Waals surface area contributed by atoms with Crippen molar-refractivity contribution >= 4 is 17.6 Å². The van der Waals surface area contributed by atoms with E-state index in [1.54, 1.807) is 26.0 Å². The SMILES string of the molecule is CCOC(=O)C1=C(Nc2ccc(C)cc2)C=C(C)[C@H](C(=O)OCC)[C@H]1c1ccco1. The highest BCUT2D eigenvalue weighted by Gasteiger charge is 2.43. The molecule has 0 saturated carbocycles. The van der Waals surface area contributed by atoms with Gasteiger partial charge in [-0.05, 0) is 58.0 Å². The number of esters is 2. The Labute approximate surface area is 176 Å². The molecule has 0 saturated heterocycles. The van der Waals surface area contributed by atoms with Crippen molar-refractivity contribution < 1.29 is 23.5 Å². The van der Waals surface area contributed by atoms with Gasteiger partial charge in [-0.2, -0.15) is 0 Å². The van der Waals surface area contributed by atoms with Crippen LogP contribution in [0, 0.1) is 12.8 Å². The summed E-state index contributed by atoms with van der Waals surface area (Å²) in [6.45, 7) is 7.84. The summed E-state index contributed by atoms with van der Waals surface area (Å²) >= 11 is 0. The molecule has 0 amide bonds. The maximum absolute atomic E-state index is 13.0. The van der Waals surface area contributed by atoms with Crippen molar-refractivity contribution in [2.45, 2.75) is 33.6 Å². The van der Waals surface area contributed by atoms with Gasteiger partial charge in [0, 0.05) is 11.4 Å². The molecule has 2 aromatic rings. The molecule has 2 atom stereocenters. The zero-order valence-corrected chi connectivity index (χ0v) is 17.7. The molecule has 0 radical (unpaired) electrons. The fourth-order valence-electron chi connectivity index (χ4n) is 3.66. The molecular formula is C24H27NO5.